The third-order valence-corrected chi connectivity index (χ3v) is 5.91. The maximum absolute atomic E-state index is 12.8. The van der Waals surface area contributed by atoms with Crippen molar-refractivity contribution < 1.29 is 4.79 Å². The lowest BCUT2D eigenvalue weighted by Gasteiger charge is -2.30. The minimum absolute atomic E-state index is 0.0112. The number of halogens is 1. The second-order valence-corrected chi connectivity index (χ2v) is 7.71. The number of hydrogen-bond acceptors (Lipinski definition) is 4. The monoisotopic (exact) mass is 428 g/mol. The van der Waals surface area contributed by atoms with Gasteiger partial charge in [-0.3, -0.25) is 19.5 Å². The molecule has 0 aliphatic rings. The van der Waals surface area contributed by atoms with Crippen molar-refractivity contribution in [3.63, 3.8) is 0 Å². The van der Waals surface area contributed by atoms with Crippen LogP contribution in [0.5, 0.6) is 0 Å². The molecule has 0 saturated heterocycles. The lowest BCUT2D eigenvalue weighted by atomic mass is 10.0. The van der Waals surface area contributed by atoms with Gasteiger partial charge >= 0.3 is 0 Å². The Morgan fingerprint density at radius 1 is 1.27 bits per heavy atom. The number of aryl methyl sites for hydroxylation is 2. The zero-order chi connectivity index (χ0) is 21.8. The Balaban J connectivity index is 1.78. The van der Waals surface area contributed by atoms with Crippen molar-refractivity contribution in [1.82, 2.24) is 30.2 Å². The summed E-state index contributed by atoms with van der Waals surface area (Å²) in [6.45, 7) is 10.3. The summed E-state index contributed by atoms with van der Waals surface area (Å²) in [6.07, 6.45) is 0. The third-order valence-electron chi connectivity index (χ3n) is 5.56. The van der Waals surface area contributed by atoms with Crippen molar-refractivity contribution in [3.05, 3.63) is 58.0 Å². The predicted octanol–water partition coefficient (Wildman–Crippen LogP) is 3.89. The predicted molar refractivity (Wildman–Crippen MR) is 120 cm³/mol. The number of carbonyl (C=O) groups is 1. The van der Waals surface area contributed by atoms with Crippen molar-refractivity contribution in [1.29, 1.82) is 0 Å². The molecule has 1 unspecified atom stereocenters. The Kier molecular flexibility index (Phi) is 6.95. The maximum atomic E-state index is 12.8. The summed E-state index contributed by atoms with van der Waals surface area (Å²) >= 11 is 6.45. The van der Waals surface area contributed by atoms with Gasteiger partial charge in [-0.25, -0.2) is 0 Å². The topological polar surface area (TPSA) is 78.8 Å². The summed E-state index contributed by atoms with van der Waals surface area (Å²) in [7, 11) is 1.90. The molecule has 2 N–H and O–H groups in total. The number of amides is 1. The molecule has 1 aromatic carbocycles. The molecule has 0 aliphatic carbocycles. The van der Waals surface area contributed by atoms with Crippen LogP contribution in [-0.2, 0) is 7.05 Å². The second kappa shape index (κ2) is 9.45. The highest BCUT2D eigenvalue weighted by Crippen LogP contribution is 2.28. The molecule has 1 amide bonds. The molecule has 3 rings (SSSR count). The van der Waals surface area contributed by atoms with E-state index < -0.39 is 0 Å². The van der Waals surface area contributed by atoms with Crippen molar-refractivity contribution in [2.45, 2.75) is 33.7 Å². The van der Waals surface area contributed by atoms with E-state index in [1.165, 1.54) is 0 Å². The molecule has 3 aromatic rings. The van der Waals surface area contributed by atoms with Crippen LogP contribution < -0.4 is 5.32 Å². The van der Waals surface area contributed by atoms with Gasteiger partial charge in [-0.1, -0.05) is 43.6 Å². The number of aromatic amines is 1. The van der Waals surface area contributed by atoms with E-state index in [9.17, 15) is 4.79 Å². The van der Waals surface area contributed by atoms with Crippen LogP contribution in [0, 0.1) is 13.8 Å². The van der Waals surface area contributed by atoms with Crippen LogP contribution >= 0.6 is 11.6 Å². The van der Waals surface area contributed by atoms with Crippen molar-refractivity contribution in [3.8, 4) is 11.3 Å². The van der Waals surface area contributed by atoms with Gasteiger partial charge in [-0.2, -0.15) is 10.2 Å². The highest BCUT2D eigenvalue weighted by atomic mass is 35.5. The third kappa shape index (κ3) is 4.42. The van der Waals surface area contributed by atoms with E-state index in [0.29, 0.717) is 17.3 Å². The number of likely N-dealkylation sites (N-methyl/N-ethyl adjacent to an activating group) is 1. The van der Waals surface area contributed by atoms with Crippen LogP contribution in [0.15, 0.2) is 30.3 Å². The quantitative estimate of drug-likeness (QED) is 0.570. The van der Waals surface area contributed by atoms with Gasteiger partial charge in [0, 0.05) is 29.9 Å². The van der Waals surface area contributed by atoms with Crippen LogP contribution in [0.2, 0.25) is 5.02 Å². The highest BCUT2D eigenvalue weighted by Gasteiger charge is 2.22. The molecule has 8 heteroatoms. The molecule has 0 radical (unpaired) electrons. The Labute approximate surface area is 182 Å². The molecule has 30 heavy (non-hydrogen) atoms. The van der Waals surface area contributed by atoms with Gasteiger partial charge in [-0.15, -0.1) is 0 Å². The summed E-state index contributed by atoms with van der Waals surface area (Å²) in [5, 5.41) is 15.4. The van der Waals surface area contributed by atoms with E-state index in [4.69, 9.17) is 11.6 Å². The average Bonchev–Trinajstić information content (AvgIpc) is 3.30. The SMILES string of the molecule is CCN(CC)C(CNC(=O)c1cc(-c2c(C)nn(C)c2C)n[nH]1)c1ccccc1Cl. The molecule has 0 saturated carbocycles. The molecular weight excluding hydrogens is 400 g/mol. The molecule has 160 valence electrons. The van der Waals surface area contributed by atoms with Gasteiger partial charge in [0.2, 0.25) is 0 Å². The molecule has 2 aromatic heterocycles. The van der Waals surface area contributed by atoms with Crippen molar-refractivity contribution >= 4 is 17.5 Å². The van der Waals surface area contributed by atoms with Gasteiger partial charge in [0.05, 0.1) is 17.4 Å². The minimum atomic E-state index is -0.197. The fourth-order valence-electron chi connectivity index (χ4n) is 3.84. The van der Waals surface area contributed by atoms with Crippen LogP contribution in [0.4, 0.5) is 0 Å². The summed E-state index contributed by atoms with van der Waals surface area (Å²) in [5.41, 5.74) is 4.99. The first-order valence-corrected chi connectivity index (χ1v) is 10.6. The number of rotatable bonds is 8. The number of benzene rings is 1. The van der Waals surface area contributed by atoms with Gasteiger partial charge in [-0.05, 0) is 44.6 Å². The first-order valence-electron chi connectivity index (χ1n) is 10.2. The molecule has 0 fully saturated rings. The first-order chi connectivity index (χ1) is 14.4. The van der Waals surface area contributed by atoms with Gasteiger partial charge < -0.3 is 5.32 Å². The fourth-order valence-corrected chi connectivity index (χ4v) is 4.10. The maximum Gasteiger partial charge on any atom is 0.269 e. The summed E-state index contributed by atoms with van der Waals surface area (Å²) in [4.78, 5) is 15.1. The molecule has 7 nitrogen and oxygen atoms in total. The van der Waals surface area contributed by atoms with E-state index in [-0.39, 0.29) is 11.9 Å². The number of aromatic nitrogens is 4. The lowest BCUT2D eigenvalue weighted by molar-refractivity contribution is 0.0930. The minimum Gasteiger partial charge on any atom is -0.349 e. The number of hydrogen-bond donors (Lipinski definition) is 2. The van der Waals surface area contributed by atoms with Gasteiger partial charge in [0.15, 0.2) is 0 Å². The largest absolute Gasteiger partial charge is 0.349 e. The molecule has 0 aliphatic heterocycles. The molecule has 0 bridgehead atoms. The fraction of sp³-hybridized carbons (Fsp3) is 0.409. The Morgan fingerprint density at radius 3 is 2.57 bits per heavy atom. The zero-order valence-electron chi connectivity index (χ0n) is 18.2. The van der Waals surface area contributed by atoms with Gasteiger partial charge in [0.1, 0.15) is 5.69 Å². The standard InChI is InChI=1S/C22H29ClN6O/c1-6-29(7-2)20(16-10-8-9-11-17(16)23)13-24-22(30)19-12-18(25-26-19)21-14(3)27-28(5)15(21)4/h8-12,20H,6-7,13H2,1-5H3,(H,24,30)(H,25,26). The second-order valence-electron chi connectivity index (χ2n) is 7.30. The first kappa shape index (κ1) is 22.1. The van der Waals surface area contributed by atoms with E-state index >= 15 is 0 Å². The van der Waals surface area contributed by atoms with Crippen molar-refractivity contribution in [2.24, 2.45) is 7.05 Å². The molecule has 0 spiro atoms. The van der Waals surface area contributed by atoms with E-state index in [0.717, 1.165) is 41.3 Å². The zero-order valence-corrected chi connectivity index (χ0v) is 18.9. The lowest BCUT2D eigenvalue weighted by Crippen LogP contribution is -2.38. The number of carbonyl (C=O) groups excluding carboxylic acids is 1. The Hall–Kier alpha value is -2.64. The summed E-state index contributed by atoms with van der Waals surface area (Å²) in [6, 6.07) is 9.54. The molecule has 1 atom stereocenters. The highest BCUT2D eigenvalue weighted by molar-refractivity contribution is 6.31. The number of H-pyrrole nitrogens is 1. The molecule has 2 heterocycles. The summed E-state index contributed by atoms with van der Waals surface area (Å²) < 4.78 is 1.82. The van der Waals surface area contributed by atoms with E-state index in [2.05, 4.69) is 39.4 Å². The normalized spacial score (nSPS) is 12.4. The number of nitrogens with zero attached hydrogens (tertiary/aromatic N) is 4. The van der Waals surface area contributed by atoms with Crippen molar-refractivity contribution in [2.75, 3.05) is 19.6 Å². The Morgan fingerprint density at radius 2 is 1.97 bits per heavy atom. The number of nitrogens with one attached hydrogen (secondary N) is 2. The van der Waals surface area contributed by atoms with Crippen LogP contribution in [0.3, 0.4) is 0 Å². The van der Waals surface area contributed by atoms with E-state index in [1.54, 1.807) is 6.07 Å². The average molecular weight is 429 g/mol. The van der Waals surface area contributed by atoms with Gasteiger partial charge in [0.25, 0.3) is 5.91 Å². The van der Waals surface area contributed by atoms with Crippen LogP contribution in [0.25, 0.3) is 11.3 Å². The van der Waals surface area contributed by atoms with E-state index in [1.807, 2.05) is 49.8 Å². The van der Waals surface area contributed by atoms with Crippen LogP contribution in [0.1, 0.15) is 47.3 Å². The van der Waals surface area contributed by atoms with Crippen LogP contribution in [-0.4, -0.2) is 50.4 Å². The molecular formula is C22H29ClN6O. The smallest absolute Gasteiger partial charge is 0.269 e. The summed E-state index contributed by atoms with van der Waals surface area (Å²) in [5.74, 6) is -0.197. The Bertz CT molecular complexity index is 1020.